The summed E-state index contributed by atoms with van der Waals surface area (Å²) in [6.45, 7) is 0. The Labute approximate surface area is 124 Å². The molecule has 0 aliphatic carbocycles. The van der Waals surface area contributed by atoms with E-state index in [0.29, 0.717) is 17.1 Å². The van der Waals surface area contributed by atoms with E-state index in [0.717, 1.165) is 15.8 Å². The first-order valence-corrected chi connectivity index (χ1v) is 6.74. The molecule has 0 N–H and O–H groups in total. The average Bonchev–Trinajstić information content (AvgIpc) is 2.39. The zero-order valence-corrected chi connectivity index (χ0v) is 12.5. The minimum Gasteiger partial charge on any atom is -0.496 e. The van der Waals surface area contributed by atoms with Gasteiger partial charge in [0.25, 0.3) is 0 Å². The molecule has 19 heavy (non-hydrogen) atoms. The topological polar surface area (TPSA) is 39.2 Å². The van der Waals surface area contributed by atoms with E-state index in [9.17, 15) is 4.79 Å². The van der Waals surface area contributed by atoms with Crippen molar-refractivity contribution in [3.63, 3.8) is 0 Å². The molecule has 0 amide bonds. The summed E-state index contributed by atoms with van der Waals surface area (Å²) in [4.78, 5) is 16.0. The molecule has 0 saturated carbocycles. The molecule has 0 spiro atoms. The standard InChI is InChI=1S/C14H11BrClNO2/c1-19-13-4-2-9(6-11(13)15)7-12(18)10-3-5-14(16)17-8-10/h2-6,8H,7H2,1H3. The van der Waals surface area contributed by atoms with Crippen molar-refractivity contribution in [1.82, 2.24) is 4.98 Å². The number of pyridine rings is 1. The van der Waals surface area contributed by atoms with Crippen LogP contribution in [0.2, 0.25) is 5.15 Å². The fourth-order valence-corrected chi connectivity index (χ4v) is 2.35. The van der Waals surface area contributed by atoms with Gasteiger partial charge in [0.05, 0.1) is 11.6 Å². The summed E-state index contributed by atoms with van der Waals surface area (Å²) in [5, 5.41) is 0.378. The number of aromatic nitrogens is 1. The van der Waals surface area contributed by atoms with Crippen LogP contribution in [0.4, 0.5) is 0 Å². The van der Waals surface area contributed by atoms with Gasteiger partial charge in [-0.05, 0) is 45.8 Å². The van der Waals surface area contributed by atoms with Crippen molar-refractivity contribution in [1.29, 1.82) is 0 Å². The molecule has 1 heterocycles. The highest BCUT2D eigenvalue weighted by molar-refractivity contribution is 9.10. The molecule has 0 saturated heterocycles. The molecule has 0 aliphatic rings. The van der Waals surface area contributed by atoms with Crippen LogP contribution in [0.1, 0.15) is 15.9 Å². The Hall–Kier alpha value is -1.39. The zero-order chi connectivity index (χ0) is 13.8. The first-order chi connectivity index (χ1) is 9.10. The summed E-state index contributed by atoms with van der Waals surface area (Å²) < 4.78 is 5.97. The fraction of sp³-hybridized carbons (Fsp3) is 0.143. The maximum absolute atomic E-state index is 12.1. The summed E-state index contributed by atoms with van der Waals surface area (Å²) in [7, 11) is 1.60. The third kappa shape index (κ3) is 3.55. The number of Topliss-reactive ketones (excluding diaryl/α,β-unsaturated/α-hetero) is 1. The number of carbonyl (C=O) groups is 1. The molecule has 2 rings (SSSR count). The monoisotopic (exact) mass is 339 g/mol. The average molecular weight is 341 g/mol. The Morgan fingerprint density at radius 3 is 2.74 bits per heavy atom. The van der Waals surface area contributed by atoms with Gasteiger partial charge >= 0.3 is 0 Å². The molecule has 2 aromatic rings. The molecule has 0 aliphatic heterocycles. The summed E-state index contributed by atoms with van der Waals surface area (Å²) in [6.07, 6.45) is 1.80. The van der Waals surface area contributed by atoms with Crippen LogP contribution in [0.5, 0.6) is 5.75 Å². The van der Waals surface area contributed by atoms with Gasteiger partial charge in [-0.1, -0.05) is 17.7 Å². The van der Waals surface area contributed by atoms with Crippen LogP contribution in [0.3, 0.4) is 0 Å². The number of ether oxygens (including phenoxy) is 1. The first-order valence-electron chi connectivity index (χ1n) is 5.57. The van der Waals surface area contributed by atoms with Crippen LogP contribution in [0.15, 0.2) is 41.0 Å². The van der Waals surface area contributed by atoms with Crippen molar-refractivity contribution >= 4 is 33.3 Å². The van der Waals surface area contributed by atoms with Gasteiger partial charge in [0.15, 0.2) is 5.78 Å². The van der Waals surface area contributed by atoms with Gasteiger partial charge in [-0.25, -0.2) is 4.98 Å². The van der Waals surface area contributed by atoms with Crippen molar-refractivity contribution < 1.29 is 9.53 Å². The SMILES string of the molecule is COc1ccc(CC(=O)c2ccc(Cl)nc2)cc1Br. The molecule has 1 aromatic heterocycles. The van der Waals surface area contributed by atoms with Crippen LogP contribution >= 0.6 is 27.5 Å². The molecule has 0 radical (unpaired) electrons. The Balaban J connectivity index is 2.14. The van der Waals surface area contributed by atoms with E-state index in [2.05, 4.69) is 20.9 Å². The Kier molecular flexibility index (Phi) is 4.56. The third-order valence-electron chi connectivity index (χ3n) is 2.63. The van der Waals surface area contributed by atoms with E-state index < -0.39 is 0 Å². The lowest BCUT2D eigenvalue weighted by molar-refractivity contribution is 0.0992. The lowest BCUT2D eigenvalue weighted by Crippen LogP contribution is -2.04. The third-order valence-corrected chi connectivity index (χ3v) is 3.47. The second-order valence-electron chi connectivity index (χ2n) is 3.94. The van der Waals surface area contributed by atoms with Gasteiger partial charge < -0.3 is 4.74 Å². The van der Waals surface area contributed by atoms with Crippen LogP contribution in [0.25, 0.3) is 0 Å². The molecule has 0 unspecified atom stereocenters. The van der Waals surface area contributed by atoms with Gasteiger partial charge in [-0.2, -0.15) is 0 Å². The van der Waals surface area contributed by atoms with Gasteiger partial charge in [0.2, 0.25) is 0 Å². The van der Waals surface area contributed by atoms with E-state index >= 15 is 0 Å². The molecule has 1 aromatic carbocycles. The number of carbonyl (C=O) groups excluding carboxylic acids is 1. The number of nitrogens with zero attached hydrogens (tertiary/aromatic N) is 1. The van der Waals surface area contributed by atoms with Crippen molar-refractivity contribution in [2.45, 2.75) is 6.42 Å². The van der Waals surface area contributed by atoms with E-state index in [1.807, 2.05) is 18.2 Å². The number of benzene rings is 1. The minimum absolute atomic E-state index is 0.00114. The highest BCUT2D eigenvalue weighted by Gasteiger charge is 2.09. The largest absolute Gasteiger partial charge is 0.496 e. The zero-order valence-electron chi connectivity index (χ0n) is 10.2. The quantitative estimate of drug-likeness (QED) is 0.625. The smallest absolute Gasteiger partial charge is 0.168 e. The molecular formula is C14H11BrClNO2. The predicted molar refractivity (Wildman–Crippen MR) is 78.0 cm³/mol. The fourth-order valence-electron chi connectivity index (χ4n) is 1.65. The van der Waals surface area contributed by atoms with Crippen molar-refractivity contribution in [3.05, 3.63) is 57.3 Å². The second-order valence-corrected chi connectivity index (χ2v) is 5.18. The highest BCUT2D eigenvalue weighted by Crippen LogP contribution is 2.26. The van der Waals surface area contributed by atoms with Crippen LogP contribution < -0.4 is 4.74 Å². The summed E-state index contributed by atoms with van der Waals surface area (Å²) in [5.41, 5.74) is 1.46. The van der Waals surface area contributed by atoms with Gasteiger partial charge in [-0.3, -0.25) is 4.79 Å². The van der Waals surface area contributed by atoms with E-state index in [4.69, 9.17) is 16.3 Å². The van der Waals surface area contributed by atoms with Gasteiger partial charge in [0.1, 0.15) is 10.9 Å². The molecule has 3 nitrogen and oxygen atoms in total. The second kappa shape index (κ2) is 6.17. The number of methoxy groups -OCH3 is 1. The van der Waals surface area contributed by atoms with Crippen molar-refractivity contribution in [2.75, 3.05) is 7.11 Å². The Morgan fingerprint density at radius 1 is 1.37 bits per heavy atom. The molecular weight excluding hydrogens is 330 g/mol. The Bertz CT molecular complexity index is 599. The maximum Gasteiger partial charge on any atom is 0.168 e. The van der Waals surface area contributed by atoms with Crippen LogP contribution in [-0.4, -0.2) is 17.9 Å². The van der Waals surface area contributed by atoms with Crippen LogP contribution in [0, 0.1) is 0 Å². The lowest BCUT2D eigenvalue weighted by atomic mass is 10.0. The van der Waals surface area contributed by atoms with Gasteiger partial charge in [-0.15, -0.1) is 0 Å². The summed E-state index contributed by atoms with van der Waals surface area (Å²) in [6, 6.07) is 8.85. The van der Waals surface area contributed by atoms with E-state index in [1.165, 1.54) is 6.20 Å². The number of halogens is 2. The molecule has 0 fully saturated rings. The first kappa shape index (κ1) is 14.0. The molecule has 98 valence electrons. The summed E-state index contributed by atoms with van der Waals surface area (Å²) in [5.74, 6) is 0.741. The molecule has 0 bridgehead atoms. The van der Waals surface area contributed by atoms with Crippen molar-refractivity contribution in [2.24, 2.45) is 0 Å². The normalized spacial score (nSPS) is 10.3. The molecule has 5 heteroatoms. The maximum atomic E-state index is 12.1. The van der Waals surface area contributed by atoms with Crippen LogP contribution in [-0.2, 0) is 6.42 Å². The molecule has 0 atom stereocenters. The minimum atomic E-state index is 0.00114. The number of hydrogen-bond acceptors (Lipinski definition) is 3. The number of hydrogen-bond donors (Lipinski definition) is 0. The van der Waals surface area contributed by atoms with Crippen molar-refractivity contribution in [3.8, 4) is 5.75 Å². The Morgan fingerprint density at radius 2 is 2.16 bits per heavy atom. The highest BCUT2D eigenvalue weighted by atomic mass is 79.9. The number of rotatable bonds is 4. The van der Waals surface area contributed by atoms with E-state index in [1.54, 1.807) is 19.2 Å². The predicted octanol–water partition coefficient (Wildman–Crippen LogP) is 3.93. The summed E-state index contributed by atoms with van der Waals surface area (Å²) >= 11 is 9.09. The lowest BCUT2D eigenvalue weighted by Gasteiger charge is -2.06. The van der Waals surface area contributed by atoms with E-state index in [-0.39, 0.29) is 5.78 Å². The number of ketones is 1. The van der Waals surface area contributed by atoms with Gasteiger partial charge in [0, 0.05) is 18.2 Å².